The van der Waals surface area contributed by atoms with E-state index in [0.29, 0.717) is 13.0 Å². The van der Waals surface area contributed by atoms with Crippen molar-refractivity contribution in [3.8, 4) is 0 Å². The Balaban J connectivity index is 4.12. The van der Waals surface area contributed by atoms with Crippen LogP contribution >= 0.6 is 0 Å². The summed E-state index contributed by atoms with van der Waals surface area (Å²) < 4.78 is 40.9. The van der Waals surface area contributed by atoms with Gasteiger partial charge in [0, 0.05) is 6.54 Å². The van der Waals surface area contributed by atoms with E-state index >= 15 is 0 Å². The predicted octanol–water partition coefficient (Wildman–Crippen LogP) is 1.41. The highest BCUT2D eigenvalue weighted by atomic mass is 19.4. The molecule has 0 heterocycles. The predicted molar refractivity (Wildman–Crippen MR) is 62.3 cm³/mol. The van der Waals surface area contributed by atoms with Crippen LogP contribution < -0.4 is 5.32 Å². The minimum absolute atomic E-state index is 0.177. The van der Waals surface area contributed by atoms with Crippen molar-refractivity contribution in [3.63, 3.8) is 0 Å². The van der Waals surface area contributed by atoms with Crippen molar-refractivity contribution in [3.05, 3.63) is 0 Å². The lowest BCUT2D eigenvalue weighted by atomic mass is 10.2. The van der Waals surface area contributed by atoms with E-state index in [1.54, 1.807) is 0 Å². The summed E-state index contributed by atoms with van der Waals surface area (Å²) in [4.78, 5) is 12.5. The van der Waals surface area contributed by atoms with Gasteiger partial charge in [-0.1, -0.05) is 6.92 Å². The Kier molecular flexibility index (Phi) is 7.93. The Hall–Kier alpha value is -0.820. The number of alkyl halides is 3. The molecule has 0 rings (SSSR count). The van der Waals surface area contributed by atoms with Gasteiger partial charge in [0.1, 0.15) is 6.04 Å². The second-order valence-corrected chi connectivity index (χ2v) is 4.17. The minimum atomic E-state index is -4.22. The number of methoxy groups -OCH3 is 1. The van der Waals surface area contributed by atoms with E-state index in [9.17, 15) is 18.0 Å². The molecule has 0 spiro atoms. The number of halogens is 3. The fourth-order valence-corrected chi connectivity index (χ4v) is 1.50. The Morgan fingerprint density at radius 3 is 2.50 bits per heavy atom. The summed E-state index contributed by atoms with van der Waals surface area (Å²) in [5.41, 5.74) is 0. The lowest BCUT2D eigenvalue weighted by Crippen LogP contribution is -2.41. The second kappa shape index (κ2) is 8.31. The van der Waals surface area contributed by atoms with Gasteiger partial charge in [-0.25, -0.2) is 0 Å². The molecule has 1 N–H and O–H groups in total. The molecule has 4 nitrogen and oxygen atoms in total. The quantitative estimate of drug-likeness (QED) is 0.677. The summed E-state index contributed by atoms with van der Waals surface area (Å²) in [5.74, 6) is -0.441. The number of esters is 1. The van der Waals surface area contributed by atoms with E-state index in [4.69, 9.17) is 0 Å². The largest absolute Gasteiger partial charge is 0.468 e. The molecule has 0 aromatic heterocycles. The van der Waals surface area contributed by atoms with Gasteiger partial charge in [-0.05, 0) is 26.4 Å². The number of nitrogens with one attached hydrogen (secondary N) is 1. The van der Waals surface area contributed by atoms with Gasteiger partial charge in [0.05, 0.1) is 13.7 Å². The van der Waals surface area contributed by atoms with Crippen molar-refractivity contribution in [1.29, 1.82) is 0 Å². The summed E-state index contributed by atoms with van der Waals surface area (Å²) in [6.07, 6.45) is -3.09. The van der Waals surface area contributed by atoms with Crippen molar-refractivity contribution in [2.75, 3.05) is 33.8 Å². The Labute approximate surface area is 105 Å². The average molecular weight is 270 g/mol. The molecule has 108 valence electrons. The summed E-state index contributed by atoms with van der Waals surface area (Å²) >= 11 is 0. The second-order valence-electron chi connectivity index (χ2n) is 4.17. The first-order chi connectivity index (χ1) is 8.30. The smallest absolute Gasteiger partial charge is 0.401 e. The van der Waals surface area contributed by atoms with Crippen LogP contribution in [0.5, 0.6) is 0 Å². The third kappa shape index (κ3) is 8.30. The molecule has 1 atom stereocenters. The molecule has 0 bridgehead atoms. The summed E-state index contributed by atoms with van der Waals surface area (Å²) in [7, 11) is 2.64. The zero-order valence-electron chi connectivity index (χ0n) is 11.0. The van der Waals surface area contributed by atoms with E-state index < -0.39 is 24.7 Å². The average Bonchev–Trinajstić information content (AvgIpc) is 2.26. The monoisotopic (exact) mass is 270 g/mol. The Morgan fingerprint density at radius 2 is 2.06 bits per heavy atom. The molecule has 0 aliphatic heterocycles. The SMILES string of the molecule is CCCNC(CCN(C)CC(F)(F)F)C(=O)OC. The molecular weight excluding hydrogens is 249 g/mol. The van der Waals surface area contributed by atoms with Gasteiger partial charge >= 0.3 is 12.1 Å². The van der Waals surface area contributed by atoms with Crippen LogP contribution in [0.3, 0.4) is 0 Å². The maximum absolute atomic E-state index is 12.1. The van der Waals surface area contributed by atoms with Crippen LogP contribution in [0.2, 0.25) is 0 Å². The summed E-state index contributed by atoms with van der Waals surface area (Å²) in [5, 5.41) is 2.96. The number of hydrogen-bond acceptors (Lipinski definition) is 4. The number of hydrogen-bond donors (Lipinski definition) is 1. The van der Waals surface area contributed by atoms with Gasteiger partial charge in [-0.15, -0.1) is 0 Å². The first kappa shape index (κ1) is 17.2. The van der Waals surface area contributed by atoms with Crippen LogP contribution in [0.4, 0.5) is 13.2 Å². The number of rotatable bonds is 8. The first-order valence-corrected chi connectivity index (χ1v) is 5.86. The third-order valence-corrected chi connectivity index (χ3v) is 2.38. The van der Waals surface area contributed by atoms with Crippen LogP contribution in [-0.4, -0.2) is 56.9 Å². The van der Waals surface area contributed by atoms with Crippen LogP contribution in [0.15, 0.2) is 0 Å². The number of ether oxygens (including phenoxy) is 1. The van der Waals surface area contributed by atoms with Crippen molar-refractivity contribution in [1.82, 2.24) is 10.2 Å². The van der Waals surface area contributed by atoms with Crippen LogP contribution in [0.25, 0.3) is 0 Å². The Bertz CT molecular complexity index is 247. The van der Waals surface area contributed by atoms with Crippen LogP contribution in [-0.2, 0) is 9.53 Å². The molecule has 0 amide bonds. The maximum atomic E-state index is 12.1. The van der Waals surface area contributed by atoms with Gasteiger partial charge in [0.15, 0.2) is 0 Å². The number of carbonyl (C=O) groups excluding carboxylic acids is 1. The lowest BCUT2D eigenvalue weighted by molar-refractivity contribution is -0.145. The van der Waals surface area contributed by atoms with Gasteiger partial charge in [-0.3, -0.25) is 9.69 Å². The molecule has 0 aliphatic carbocycles. The van der Waals surface area contributed by atoms with E-state index in [1.807, 2.05) is 6.92 Å². The standard InChI is InChI=1S/C11H21F3N2O2/c1-4-6-15-9(10(17)18-3)5-7-16(2)8-11(12,13)14/h9,15H,4-8H2,1-3H3. The van der Waals surface area contributed by atoms with E-state index in [-0.39, 0.29) is 6.54 Å². The molecule has 1 unspecified atom stereocenters. The normalized spacial score (nSPS) is 13.7. The number of carbonyl (C=O) groups is 1. The summed E-state index contributed by atoms with van der Waals surface area (Å²) in [6, 6.07) is -0.550. The van der Waals surface area contributed by atoms with Gasteiger partial charge in [0.25, 0.3) is 0 Å². The molecule has 0 aliphatic rings. The van der Waals surface area contributed by atoms with Crippen molar-refractivity contribution < 1.29 is 22.7 Å². The van der Waals surface area contributed by atoms with E-state index in [2.05, 4.69) is 10.1 Å². The highest BCUT2D eigenvalue weighted by Gasteiger charge is 2.29. The van der Waals surface area contributed by atoms with E-state index in [0.717, 1.165) is 11.3 Å². The molecule has 0 aromatic rings. The van der Waals surface area contributed by atoms with Gasteiger partial charge in [-0.2, -0.15) is 13.2 Å². The molecule has 0 radical (unpaired) electrons. The van der Waals surface area contributed by atoms with E-state index in [1.165, 1.54) is 14.2 Å². The fraction of sp³-hybridized carbons (Fsp3) is 0.909. The van der Waals surface area contributed by atoms with Gasteiger partial charge in [0.2, 0.25) is 0 Å². The van der Waals surface area contributed by atoms with Crippen molar-refractivity contribution in [2.45, 2.75) is 32.0 Å². The first-order valence-electron chi connectivity index (χ1n) is 5.86. The van der Waals surface area contributed by atoms with Crippen molar-refractivity contribution >= 4 is 5.97 Å². The zero-order chi connectivity index (χ0) is 14.2. The zero-order valence-corrected chi connectivity index (χ0v) is 11.0. The molecule has 0 saturated heterocycles. The lowest BCUT2D eigenvalue weighted by Gasteiger charge is -2.22. The van der Waals surface area contributed by atoms with Crippen LogP contribution in [0, 0.1) is 0 Å². The molecule has 7 heteroatoms. The topological polar surface area (TPSA) is 41.6 Å². The maximum Gasteiger partial charge on any atom is 0.401 e. The van der Waals surface area contributed by atoms with Crippen LogP contribution in [0.1, 0.15) is 19.8 Å². The molecule has 18 heavy (non-hydrogen) atoms. The highest BCUT2D eigenvalue weighted by Crippen LogP contribution is 2.15. The molecule has 0 aromatic carbocycles. The molecule has 0 saturated carbocycles. The number of nitrogens with zero attached hydrogens (tertiary/aromatic N) is 1. The Morgan fingerprint density at radius 1 is 1.44 bits per heavy atom. The highest BCUT2D eigenvalue weighted by molar-refractivity contribution is 5.75. The minimum Gasteiger partial charge on any atom is -0.468 e. The molecular formula is C11H21F3N2O2. The van der Waals surface area contributed by atoms with Crippen molar-refractivity contribution in [2.24, 2.45) is 0 Å². The molecule has 0 fully saturated rings. The summed E-state index contributed by atoms with van der Waals surface area (Å²) in [6.45, 7) is 1.77. The third-order valence-electron chi connectivity index (χ3n) is 2.38. The fourth-order valence-electron chi connectivity index (χ4n) is 1.50. The van der Waals surface area contributed by atoms with Gasteiger partial charge < -0.3 is 10.1 Å².